The van der Waals surface area contributed by atoms with Crippen molar-refractivity contribution in [3.63, 3.8) is 0 Å². The molecule has 0 heterocycles. The zero-order chi connectivity index (χ0) is 13.1. The highest BCUT2D eigenvalue weighted by atomic mass is 35.5. The minimum Gasteiger partial charge on any atom is -0.384 e. The lowest BCUT2D eigenvalue weighted by atomic mass is 10.1. The maximum absolute atomic E-state index is 7.64. The van der Waals surface area contributed by atoms with Crippen molar-refractivity contribution in [2.24, 2.45) is 11.7 Å². The molecule has 98 valence electrons. The van der Waals surface area contributed by atoms with Gasteiger partial charge in [0.1, 0.15) is 5.84 Å². The molecule has 18 heavy (non-hydrogen) atoms. The van der Waals surface area contributed by atoms with Crippen LogP contribution in [0.4, 0.5) is 5.69 Å². The van der Waals surface area contributed by atoms with Crippen LogP contribution in [-0.4, -0.2) is 19.4 Å². The molecular weight excluding hydrogens is 246 g/mol. The Labute approximate surface area is 113 Å². The number of halogens is 1. The van der Waals surface area contributed by atoms with Crippen molar-refractivity contribution in [3.05, 3.63) is 28.8 Å². The summed E-state index contributed by atoms with van der Waals surface area (Å²) in [6.07, 6.45) is 5.32. The van der Waals surface area contributed by atoms with Gasteiger partial charge in [0.2, 0.25) is 0 Å². The zero-order valence-corrected chi connectivity index (χ0v) is 11.5. The van der Waals surface area contributed by atoms with E-state index in [0.29, 0.717) is 5.02 Å². The van der Waals surface area contributed by atoms with Gasteiger partial charge in [-0.2, -0.15) is 0 Å². The molecule has 0 spiro atoms. The monoisotopic (exact) mass is 265 g/mol. The lowest BCUT2D eigenvalue weighted by Crippen LogP contribution is -2.27. The van der Waals surface area contributed by atoms with Crippen molar-refractivity contribution >= 4 is 23.1 Å². The lowest BCUT2D eigenvalue weighted by molar-refractivity contribution is 0.547. The van der Waals surface area contributed by atoms with Crippen LogP contribution >= 0.6 is 11.6 Å². The summed E-state index contributed by atoms with van der Waals surface area (Å²) in [6, 6.07) is 5.58. The normalized spacial score (nSPS) is 15.9. The first-order valence-corrected chi connectivity index (χ1v) is 6.81. The van der Waals surface area contributed by atoms with Crippen LogP contribution in [0.2, 0.25) is 5.02 Å². The predicted octanol–water partition coefficient (Wildman–Crippen LogP) is 3.25. The number of benzene rings is 1. The molecule has 3 nitrogen and oxygen atoms in total. The molecule has 0 unspecified atom stereocenters. The van der Waals surface area contributed by atoms with Crippen LogP contribution in [0.5, 0.6) is 0 Å². The van der Waals surface area contributed by atoms with E-state index in [9.17, 15) is 0 Å². The molecule has 0 aromatic heterocycles. The van der Waals surface area contributed by atoms with Crippen LogP contribution in [-0.2, 0) is 0 Å². The standard InChI is InChI=1S/C14H20ClN3/c1-18(9-10-4-2-3-5-10)13-7-6-11(15)8-12(13)14(16)17/h6-8,10H,2-5,9H2,1H3,(H3,16,17). The molecule has 3 N–H and O–H groups in total. The van der Waals surface area contributed by atoms with Crippen LogP contribution in [0.1, 0.15) is 31.2 Å². The summed E-state index contributed by atoms with van der Waals surface area (Å²) in [5.74, 6) is 0.844. The molecule has 0 saturated heterocycles. The number of hydrogen-bond donors (Lipinski definition) is 2. The van der Waals surface area contributed by atoms with Gasteiger partial charge in [0.15, 0.2) is 0 Å². The SMILES string of the molecule is CN(CC1CCCC1)c1ccc(Cl)cc1C(=N)N. The van der Waals surface area contributed by atoms with Gasteiger partial charge in [-0.15, -0.1) is 0 Å². The molecule has 0 aliphatic heterocycles. The Morgan fingerprint density at radius 2 is 2.11 bits per heavy atom. The second-order valence-electron chi connectivity index (χ2n) is 5.11. The maximum atomic E-state index is 7.64. The first-order valence-electron chi connectivity index (χ1n) is 6.43. The Morgan fingerprint density at radius 1 is 1.44 bits per heavy atom. The summed E-state index contributed by atoms with van der Waals surface area (Å²) in [5, 5.41) is 8.27. The van der Waals surface area contributed by atoms with Gasteiger partial charge in [-0.25, -0.2) is 0 Å². The number of nitrogens with two attached hydrogens (primary N) is 1. The van der Waals surface area contributed by atoms with Crippen molar-refractivity contribution in [2.45, 2.75) is 25.7 Å². The van der Waals surface area contributed by atoms with Gasteiger partial charge in [-0.05, 0) is 37.0 Å². The lowest BCUT2D eigenvalue weighted by Gasteiger charge is -2.25. The third kappa shape index (κ3) is 2.96. The quantitative estimate of drug-likeness (QED) is 0.649. The summed E-state index contributed by atoms with van der Waals surface area (Å²) < 4.78 is 0. The van der Waals surface area contributed by atoms with Gasteiger partial charge in [-0.3, -0.25) is 5.41 Å². The van der Waals surface area contributed by atoms with Crippen LogP contribution in [0.25, 0.3) is 0 Å². The second-order valence-corrected chi connectivity index (χ2v) is 5.54. The van der Waals surface area contributed by atoms with Gasteiger partial charge >= 0.3 is 0 Å². The van der Waals surface area contributed by atoms with Crippen LogP contribution in [0.15, 0.2) is 18.2 Å². The number of amidine groups is 1. The fourth-order valence-electron chi connectivity index (χ4n) is 2.74. The Balaban J connectivity index is 2.17. The Morgan fingerprint density at radius 3 is 2.72 bits per heavy atom. The van der Waals surface area contributed by atoms with Crippen molar-refractivity contribution < 1.29 is 0 Å². The molecule has 4 heteroatoms. The van der Waals surface area contributed by atoms with Crippen molar-refractivity contribution in [2.75, 3.05) is 18.5 Å². The Hall–Kier alpha value is -1.22. The number of nitrogen functional groups attached to an aromatic ring is 1. The third-order valence-electron chi connectivity index (χ3n) is 3.67. The molecule has 0 atom stereocenters. The number of nitrogens with one attached hydrogen (secondary N) is 1. The molecular formula is C14H20ClN3. The van der Waals surface area contributed by atoms with E-state index in [1.807, 2.05) is 12.1 Å². The van der Waals surface area contributed by atoms with E-state index in [2.05, 4.69) is 11.9 Å². The average molecular weight is 266 g/mol. The second kappa shape index (κ2) is 5.61. The Bertz CT molecular complexity index is 439. The van der Waals surface area contributed by atoms with E-state index in [0.717, 1.165) is 23.7 Å². The minimum absolute atomic E-state index is 0.0748. The fourth-order valence-corrected chi connectivity index (χ4v) is 2.91. The number of rotatable bonds is 4. The first-order chi connectivity index (χ1) is 8.58. The highest BCUT2D eigenvalue weighted by Gasteiger charge is 2.18. The van der Waals surface area contributed by atoms with Crippen LogP contribution in [0.3, 0.4) is 0 Å². The molecule has 1 aliphatic rings. The first kappa shape index (κ1) is 13.2. The summed E-state index contributed by atoms with van der Waals surface area (Å²) in [7, 11) is 2.06. The molecule has 1 aromatic rings. The van der Waals surface area contributed by atoms with E-state index in [1.54, 1.807) is 6.07 Å². The molecule has 0 radical (unpaired) electrons. The van der Waals surface area contributed by atoms with Gasteiger partial charge in [-0.1, -0.05) is 24.4 Å². The maximum Gasteiger partial charge on any atom is 0.124 e. The molecule has 2 rings (SSSR count). The van der Waals surface area contributed by atoms with Crippen molar-refractivity contribution in [1.29, 1.82) is 5.41 Å². The largest absolute Gasteiger partial charge is 0.384 e. The van der Waals surface area contributed by atoms with Crippen molar-refractivity contribution in [1.82, 2.24) is 0 Å². The van der Waals surface area contributed by atoms with Crippen LogP contribution in [0, 0.1) is 11.3 Å². The Kier molecular flexibility index (Phi) is 4.12. The third-order valence-corrected chi connectivity index (χ3v) is 3.90. The van der Waals surface area contributed by atoms with Crippen molar-refractivity contribution in [3.8, 4) is 0 Å². The smallest absolute Gasteiger partial charge is 0.124 e. The summed E-state index contributed by atoms with van der Waals surface area (Å²) in [5.41, 5.74) is 7.35. The van der Waals surface area contributed by atoms with Gasteiger partial charge in [0, 0.05) is 29.9 Å². The molecule has 0 bridgehead atoms. The zero-order valence-electron chi connectivity index (χ0n) is 10.7. The molecule has 1 aromatic carbocycles. The summed E-state index contributed by atoms with van der Waals surface area (Å²) >= 11 is 5.97. The van der Waals surface area contributed by atoms with Gasteiger partial charge in [0.05, 0.1) is 0 Å². The van der Waals surface area contributed by atoms with Crippen LogP contribution < -0.4 is 10.6 Å². The highest BCUT2D eigenvalue weighted by molar-refractivity contribution is 6.31. The van der Waals surface area contributed by atoms with E-state index in [-0.39, 0.29) is 5.84 Å². The van der Waals surface area contributed by atoms with Gasteiger partial charge < -0.3 is 10.6 Å². The molecule has 0 amide bonds. The fraction of sp³-hybridized carbons (Fsp3) is 0.500. The summed E-state index contributed by atoms with van der Waals surface area (Å²) in [4.78, 5) is 2.20. The number of nitrogens with zero attached hydrogens (tertiary/aromatic N) is 1. The van der Waals surface area contributed by atoms with E-state index >= 15 is 0 Å². The van der Waals surface area contributed by atoms with E-state index in [4.69, 9.17) is 22.7 Å². The molecule has 1 saturated carbocycles. The predicted molar refractivity (Wildman–Crippen MR) is 77.7 cm³/mol. The van der Waals surface area contributed by atoms with E-state index < -0.39 is 0 Å². The minimum atomic E-state index is 0.0748. The summed E-state index contributed by atoms with van der Waals surface area (Å²) in [6.45, 7) is 1.03. The highest BCUT2D eigenvalue weighted by Crippen LogP contribution is 2.29. The van der Waals surface area contributed by atoms with E-state index in [1.165, 1.54) is 25.7 Å². The molecule has 1 fully saturated rings. The number of hydrogen-bond acceptors (Lipinski definition) is 2. The number of anilines is 1. The molecule has 1 aliphatic carbocycles. The topological polar surface area (TPSA) is 53.1 Å². The van der Waals surface area contributed by atoms with Gasteiger partial charge in [0.25, 0.3) is 0 Å². The average Bonchev–Trinajstić information content (AvgIpc) is 2.81.